The molecule has 25 heavy (non-hydrogen) atoms. The van der Waals surface area contributed by atoms with E-state index in [0.717, 1.165) is 6.42 Å². The number of carbonyl (C=O) groups excluding carboxylic acids is 1. The molecule has 3 N–H and O–H groups in total. The minimum absolute atomic E-state index is 0.151. The van der Waals surface area contributed by atoms with E-state index < -0.39 is 10.0 Å². The van der Waals surface area contributed by atoms with E-state index >= 15 is 0 Å². The zero-order valence-corrected chi connectivity index (χ0v) is 15.4. The second-order valence-electron chi connectivity index (χ2n) is 5.92. The molecule has 2 aromatic rings. The van der Waals surface area contributed by atoms with Gasteiger partial charge in [-0.1, -0.05) is 12.1 Å². The summed E-state index contributed by atoms with van der Waals surface area (Å²) in [6, 6.07) is 4.27. The highest BCUT2D eigenvalue weighted by Crippen LogP contribution is 2.17. The van der Waals surface area contributed by atoms with Crippen LogP contribution in [0.3, 0.4) is 0 Å². The fourth-order valence-corrected chi connectivity index (χ4v) is 3.51. The van der Waals surface area contributed by atoms with Crippen molar-refractivity contribution in [3.8, 4) is 0 Å². The van der Waals surface area contributed by atoms with E-state index in [2.05, 4.69) is 25.7 Å². The lowest BCUT2D eigenvalue weighted by atomic mass is 10.3. The molecular weight excluding hydrogens is 344 g/mol. The molecule has 0 saturated carbocycles. The molecule has 2 rings (SSSR count). The fraction of sp³-hybridized carbons (Fsp3) is 0.533. The Morgan fingerprint density at radius 2 is 1.96 bits per heavy atom. The van der Waals surface area contributed by atoms with Gasteiger partial charge < -0.3 is 10.6 Å². The molecule has 1 aromatic heterocycles. The van der Waals surface area contributed by atoms with Crippen LogP contribution in [0.2, 0.25) is 0 Å². The van der Waals surface area contributed by atoms with Gasteiger partial charge in [-0.3, -0.25) is 0 Å². The lowest BCUT2D eigenvalue weighted by molar-refractivity contribution is 0.240. The van der Waals surface area contributed by atoms with Crippen molar-refractivity contribution in [3.05, 3.63) is 18.2 Å². The molecule has 138 valence electrons. The van der Waals surface area contributed by atoms with Crippen molar-refractivity contribution < 1.29 is 13.2 Å². The quantitative estimate of drug-likeness (QED) is 0.638. The number of sulfonamides is 1. The third-order valence-corrected chi connectivity index (χ3v) is 4.99. The number of nitrogens with one attached hydrogen (secondary N) is 3. The molecule has 10 heteroatoms. The van der Waals surface area contributed by atoms with E-state index in [-0.39, 0.29) is 17.0 Å². The SMILES string of the molecule is CCCNC(=O)NCCn1nnc2cc(S(=O)(=O)NC(C)C)ccc21. The van der Waals surface area contributed by atoms with Crippen LogP contribution in [0.15, 0.2) is 23.1 Å². The van der Waals surface area contributed by atoms with Crippen LogP contribution in [0.25, 0.3) is 11.0 Å². The van der Waals surface area contributed by atoms with E-state index in [9.17, 15) is 13.2 Å². The highest BCUT2D eigenvalue weighted by molar-refractivity contribution is 7.89. The third kappa shape index (κ3) is 5.13. The molecule has 0 spiro atoms. The van der Waals surface area contributed by atoms with Crippen LogP contribution < -0.4 is 15.4 Å². The van der Waals surface area contributed by atoms with Gasteiger partial charge in [-0.05, 0) is 38.5 Å². The number of hydrogen-bond donors (Lipinski definition) is 3. The zero-order chi connectivity index (χ0) is 18.4. The largest absolute Gasteiger partial charge is 0.338 e. The second kappa shape index (κ2) is 8.26. The van der Waals surface area contributed by atoms with E-state index in [1.54, 1.807) is 24.6 Å². The maximum atomic E-state index is 12.2. The Bertz CT molecular complexity index is 831. The lowest BCUT2D eigenvalue weighted by Crippen LogP contribution is -2.37. The second-order valence-corrected chi connectivity index (χ2v) is 7.64. The minimum Gasteiger partial charge on any atom is -0.338 e. The topological polar surface area (TPSA) is 118 Å². The fourth-order valence-electron chi connectivity index (χ4n) is 2.24. The summed E-state index contributed by atoms with van der Waals surface area (Å²) in [4.78, 5) is 11.6. The normalized spacial score (nSPS) is 11.8. The van der Waals surface area contributed by atoms with Crippen molar-refractivity contribution in [1.29, 1.82) is 0 Å². The molecule has 0 aliphatic heterocycles. The summed E-state index contributed by atoms with van der Waals surface area (Å²) < 4.78 is 28.6. The summed E-state index contributed by atoms with van der Waals surface area (Å²) in [7, 11) is -3.57. The number of benzene rings is 1. The predicted octanol–water partition coefficient (Wildman–Crippen LogP) is 0.827. The van der Waals surface area contributed by atoms with Crippen LogP contribution in [-0.4, -0.2) is 48.6 Å². The summed E-state index contributed by atoms with van der Waals surface area (Å²) in [5, 5.41) is 13.5. The van der Waals surface area contributed by atoms with Gasteiger partial charge in [0.25, 0.3) is 0 Å². The molecule has 0 radical (unpaired) electrons. The Morgan fingerprint density at radius 1 is 1.24 bits per heavy atom. The molecule has 0 aliphatic rings. The van der Waals surface area contributed by atoms with Crippen molar-refractivity contribution in [2.24, 2.45) is 0 Å². The van der Waals surface area contributed by atoms with Crippen molar-refractivity contribution in [3.63, 3.8) is 0 Å². The van der Waals surface area contributed by atoms with E-state index in [4.69, 9.17) is 0 Å². The van der Waals surface area contributed by atoms with E-state index in [0.29, 0.717) is 30.7 Å². The van der Waals surface area contributed by atoms with E-state index in [1.807, 2.05) is 6.92 Å². The smallest absolute Gasteiger partial charge is 0.314 e. The van der Waals surface area contributed by atoms with Gasteiger partial charge in [-0.2, -0.15) is 0 Å². The third-order valence-electron chi connectivity index (χ3n) is 3.33. The highest BCUT2D eigenvalue weighted by atomic mass is 32.2. The summed E-state index contributed by atoms with van der Waals surface area (Å²) in [6.45, 7) is 6.95. The van der Waals surface area contributed by atoms with Crippen molar-refractivity contribution >= 4 is 27.1 Å². The first-order valence-electron chi connectivity index (χ1n) is 8.20. The Hall–Kier alpha value is -2.20. The van der Waals surface area contributed by atoms with E-state index in [1.165, 1.54) is 12.1 Å². The number of carbonyl (C=O) groups is 1. The van der Waals surface area contributed by atoms with Gasteiger partial charge in [0, 0.05) is 19.1 Å². The summed E-state index contributed by atoms with van der Waals surface area (Å²) >= 11 is 0. The zero-order valence-electron chi connectivity index (χ0n) is 14.6. The average molecular weight is 368 g/mol. The Morgan fingerprint density at radius 3 is 2.64 bits per heavy atom. The van der Waals surface area contributed by atoms with Crippen LogP contribution in [0.4, 0.5) is 4.79 Å². The summed E-state index contributed by atoms with van der Waals surface area (Å²) in [6.07, 6.45) is 0.873. The molecule has 2 amide bonds. The van der Waals surface area contributed by atoms with Gasteiger partial charge >= 0.3 is 6.03 Å². The molecule has 0 aliphatic carbocycles. The molecule has 0 unspecified atom stereocenters. The summed E-state index contributed by atoms with van der Waals surface area (Å²) in [5.41, 5.74) is 1.20. The maximum Gasteiger partial charge on any atom is 0.314 e. The molecule has 0 bridgehead atoms. The van der Waals surface area contributed by atoms with Crippen molar-refractivity contribution in [2.75, 3.05) is 13.1 Å². The molecule has 0 saturated heterocycles. The standard InChI is InChI=1S/C15H24N6O3S/c1-4-7-16-15(22)17-8-9-21-14-6-5-12(10-13(14)18-20-21)25(23,24)19-11(2)3/h5-6,10-11,19H,4,7-9H2,1-3H3,(H2,16,17,22). The molecule has 1 heterocycles. The maximum absolute atomic E-state index is 12.2. The molecule has 1 aromatic carbocycles. The van der Waals surface area contributed by atoms with Gasteiger partial charge in [0.05, 0.1) is 17.0 Å². The first-order chi connectivity index (χ1) is 11.8. The highest BCUT2D eigenvalue weighted by Gasteiger charge is 2.17. The van der Waals surface area contributed by atoms with Gasteiger partial charge in [0.2, 0.25) is 10.0 Å². The van der Waals surface area contributed by atoms with Crippen LogP contribution in [0.1, 0.15) is 27.2 Å². The van der Waals surface area contributed by atoms with Gasteiger partial charge in [-0.25, -0.2) is 22.6 Å². The summed E-state index contributed by atoms with van der Waals surface area (Å²) in [5.74, 6) is 0. The number of amides is 2. The van der Waals surface area contributed by atoms with Crippen molar-refractivity contribution in [2.45, 2.75) is 44.7 Å². The first kappa shape index (κ1) is 19.1. The number of rotatable bonds is 8. The molecule has 0 fully saturated rings. The van der Waals surface area contributed by atoms with Crippen LogP contribution in [0.5, 0.6) is 0 Å². The number of nitrogens with zero attached hydrogens (tertiary/aromatic N) is 3. The molecular formula is C15H24N6O3S. The molecule has 0 atom stereocenters. The lowest BCUT2D eigenvalue weighted by Gasteiger charge is -2.09. The Balaban J connectivity index is 2.06. The number of urea groups is 1. The van der Waals surface area contributed by atoms with Gasteiger partial charge in [-0.15, -0.1) is 5.10 Å². The number of fused-ring (bicyclic) bond motifs is 1. The van der Waals surface area contributed by atoms with Crippen LogP contribution in [-0.2, 0) is 16.6 Å². The van der Waals surface area contributed by atoms with Crippen LogP contribution >= 0.6 is 0 Å². The Kier molecular flexibility index (Phi) is 6.32. The predicted molar refractivity (Wildman–Crippen MR) is 94.7 cm³/mol. The minimum atomic E-state index is -3.57. The van der Waals surface area contributed by atoms with Gasteiger partial charge in [0.15, 0.2) is 0 Å². The van der Waals surface area contributed by atoms with Crippen molar-refractivity contribution in [1.82, 2.24) is 30.3 Å². The monoisotopic (exact) mass is 368 g/mol. The average Bonchev–Trinajstić information content (AvgIpc) is 2.94. The van der Waals surface area contributed by atoms with Crippen LogP contribution in [0, 0.1) is 0 Å². The first-order valence-corrected chi connectivity index (χ1v) is 9.69. The Labute approximate surface area is 147 Å². The van der Waals surface area contributed by atoms with Gasteiger partial charge in [0.1, 0.15) is 5.52 Å². The molecule has 9 nitrogen and oxygen atoms in total. The number of aromatic nitrogens is 3. The number of hydrogen-bond acceptors (Lipinski definition) is 5.